The molecular formula is C16H26ClN3O2. The van der Waals surface area contributed by atoms with Gasteiger partial charge >= 0.3 is 0 Å². The summed E-state index contributed by atoms with van der Waals surface area (Å²) in [6, 6.07) is 7.67. The first kappa shape index (κ1) is 18.7. The van der Waals surface area contributed by atoms with Gasteiger partial charge in [-0.15, -0.1) is 0 Å². The van der Waals surface area contributed by atoms with E-state index in [1.165, 1.54) is 0 Å². The first-order valence-corrected chi connectivity index (χ1v) is 7.88. The van der Waals surface area contributed by atoms with Crippen LogP contribution in [-0.4, -0.2) is 46.4 Å². The van der Waals surface area contributed by atoms with Gasteiger partial charge in [0, 0.05) is 38.9 Å². The number of guanidine groups is 1. The Morgan fingerprint density at radius 1 is 1.32 bits per heavy atom. The molecule has 1 rings (SSSR count). The summed E-state index contributed by atoms with van der Waals surface area (Å²) >= 11 is 6.03. The zero-order valence-corrected chi connectivity index (χ0v) is 14.3. The van der Waals surface area contributed by atoms with Crippen molar-refractivity contribution in [2.75, 3.05) is 40.5 Å². The minimum absolute atomic E-state index is 0.117. The highest BCUT2D eigenvalue weighted by atomic mass is 35.5. The average molecular weight is 328 g/mol. The molecule has 0 amide bonds. The lowest BCUT2D eigenvalue weighted by Crippen LogP contribution is -2.38. The highest BCUT2D eigenvalue weighted by Crippen LogP contribution is 2.20. The summed E-state index contributed by atoms with van der Waals surface area (Å²) in [6.07, 6.45) is 0.816. The maximum atomic E-state index is 6.03. The van der Waals surface area contributed by atoms with Crippen molar-refractivity contribution in [2.24, 2.45) is 4.99 Å². The molecule has 0 heterocycles. The number of ether oxygens (including phenoxy) is 2. The van der Waals surface area contributed by atoms with Crippen LogP contribution in [0.4, 0.5) is 0 Å². The third-order valence-corrected chi connectivity index (χ3v) is 3.32. The second-order valence-corrected chi connectivity index (χ2v) is 5.21. The van der Waals surface area contributed by atoms with Crippen LogP contribution in [0.3, 0.4) is 0 Å². The van der Waals surface area contributed by atoms with E-state index in [1.807, 2.05) is 31.2 Å². The molecule has 1 aromatic rings. The predicted molar refractivity (Wildman–Crippen MR) is 91.7 cm³/mol. The van der Waals surface area contributed by atoms with Crippen LogP contribution >= 0.6 is 11.6 Å². The van der Waals surface area contributed by atoms with Gasteiger partial charge in [0.25, 0.3) is 0 Å². The standard InChI is InChI=1S/C16H26ClN3O2/c1-4-18-16(19-9-6-10-21-2)20-12-15(22-3)13-7-5-8-14(17)11-13/h5,7-8,11,15H,4,6,9-10,12H2,1-3H3,(H2,18,19,20). The van der Waals surface area contributed by atoms with Crippen molar-refractivity contribution >= 4 is 17.6 Å². The van der Waals surface area contributed by atoms with Crippen LogP contribution < -0.4 is 10.6 Å². The van der Waals surface area contributed by atoms with Crippen LogP contribution in [0.25, 0.3) is 0 Å². The van der Waals surface area contributed by atoms with Crippen molar-refractivity contribution < 1.29 is 9.47 Å². The fourth-order valence-electron chi connectivity index (χ4n) is 1.96. The van der Waals surface area contributed by atoms with Crippen LogP contribution in [0.1, 0.15) is 25.0 Å². The van der Waals surface area contributed by atoms with E-state index < -0.39 is 0 Å². The van der Waals surface area contributed by atoms with Gasteiger partial charge in [0.2, 0.25) is 0 Å². The Hall–Kier alpha value is -1.30. The van der Waals surface area contributed by atoms with Gasteiger partial charge in [-0.3, -0.25) is 4.99 Å². The van der Waals surface area contributed by atoms with E-state index >= 15 is 0 Å². The van der Waals surface area contributed by atoms with Gasteiger partial charge in [-0.25, -0.2) is 0 Å². The molecule has 0 saturated carbocycles. The second kappa shape index (κ2) is 11.3. The molecule has 22 heavy (non-hydrogen) atoms. The maximum absolute atomic E-state index is 6.03. The van der Waals surface area contributed by atoms with Crippen LogP contribution in [0.2, 0.25) is 5.02 Å². The molecule has 0 aliphatic carbocycles. The molecule has 0 fully saturated rings. The number of methoxy groups -OCH3 is 2. The van der Waals surface area contributed by atoms with Gasteiger partial charge in [-0.2, -0.15) is 0 Å². The highest BCUT2D eigenvalue weighted by molar-refractivity contribution is 6.30. The molecule has 1 atom stereocenters. The quantitative estimate of drug-likeness (QED) is 0.416. The van der Waals surface area contributed by atoms with Crippen molar-refractivity contribution in [2.45, 2.75) is 19.4 Å². The minimum Gasteiger partial charge on any atom is -0.385 e. The van der Waals surface area contributed by atoms with Gasteiger partial charge in [0.1, 0.15) is 6.10 Å². The summed E-state index contributed by atoms with van der Waals surface area (Å²) in [4.78, 5) is 4.57. The van der Waals surface area contributed by atoms with E-state index in [0.29, 0.717) is 11.6 Å². The van der Waals surface area contributed by atoms with E-state index in [1.54, 1.807) is 14.2 Å². The van der Waals surface area contributed by atoms with E-state index in [2.05, 4.69) is 15.6 Å². The average Bonchev–Trinajstić information content (AvgIpc) is 2.52. The second-order valence-electron chi connectivity index (χ2n) is 4.77. The van der Waals surface area contributed by atoms with Crippen molar-refractivity contribution in [3.8, 4) is 0 Å². The van der Waals surface area contributed by atoms with Gasteiger partial charge in [0.05, 0.1) is 6.54 Å². The van der Waals surface area contributed by atoms with Crippen molar-refractivity contribution in [1.29, 1.82) is 0 Å². The summed E-state index contributed by atoms with van der Waals surface area (Å²) in [5.41, 5.74) is 1.02. The lowest BCUT2D eigenvalue weighted by atomic mass is 10.1. The number of rotatable bonds is 9. The molecule has 0 spiro atoms. The Kier molecular flexibility index (Phi) is 9.62. The normalized spacial score (nSPS) is 13.0. The fraction of sp³-hybridized carbons (Fsp3) is 0.562. The van der Waals surface area contributed by atoms with E-state index in [-0.39, 0.29) is 6.10 Å². The van der Waals surface area contributed by atoms with Crippen molar-refractivity contribution in [3.05, 3.63) is 34.9 Å². The van der Waals surface area contributed by atoms with Crippen LogP contribution in [0.15, 0.2) is 29.3 Å². The number of halogens is 1. The topological polar surface area (TPSA) is 54.9 Å². The van der Waals surface area contributed by atoms with E-state index in [9.17, 15) is 0 Å². The maximum Gasteiger partial charge on any atom is 0.191 e. The molecule has 124 valence electrons. The molecule has 0 aliphatic heterocycles. The molecule has 1 unspecified atom stereocenters. The highest BCUT2D eigenvalue weighted by Gasteiger charge is 2.10. The third-order valence-electron chi connectivity index (χ3n) is 3.08. The lowest BCUT2D eigenvalue weighted by Gasteiger charge is -2.16. The largest absolute Gasteiger partial charge is 0.385 e. The molecular weight excluding hydrogens is 302 g/mol. The van der Waals surface area contributed by atoms with E-state index in [0.717, 1.165) is 37.6 Å². The Morgan fingerprint density at radius 3 is 2.77 bits per heavy atom. The first-order chi connectivity index (χ1) is 10.7. The number of benzene rings is 1. The molecule has 5 nitrogen and oxygen atoms in total. The summed E-state index contributed by atoms with van der Waals surface area (Å²) in [7, 11) is 3.38. The predicted octanol–water partition coefficient (Wildman–Crippen LogP) is 2.62. The Morgan fingerprint density at radius 2 is 2.14 bits per heavy atom. The third kappa shape index (κ3) is 7.11. The first-order valence-electron chi connectivity index (χ1n) is 7.50. The summed E-state index contributed by atoms with van der Waals surface area (Å²) in [5, 5.41) is 7.20. The Balaban J connectivity index is 2.61. The van der Waals surface area contributed by atoms with Crippen LogP contribution in [0.5, 0.6) is 0 Å². The monoisotopic (exact) mass is 327 g/mol. The lowest BCUT2D eigenvalue weighted by molar-refractivity contribution is 0.111. The van der Waals surface area contributed by atoms with Gasteiger partial charge in [-0.05, 0) is 31.0 Å². The molecule has 0 bridgehead atoms. The van der Waals surface area contributed by atoms with Gasteiger partial charge in [0.15, 0.2) is 5.96 Å². The fourth-order valence-corrected chi connectivity index (χ4v) is 2.16. The Bertz CT molecular complexity index is 455. The molecule has 1 aromatic carbocycles. The van der Waals surface area contributed by atoms with Gasteiger partial charge < -0.3 is 20.1 Å². The van der Waals surface area contributed by atoms with Gasteiger partial charge in [-0.1, -0.05) is 23.7 Å². The summed E-state index contributed by atoms with van der Waals surface area (Å²) in [5.74, 6) is 0.780. The SMILES string of the molecule is CCNC(=NCC(OC)c1cccc(Cl)c1)NCCCOC. The Labute approximate surface area is 138 Å². The zero-order chi connectivity index (χ0) is 16.2. The van der Waals surface area contributed by atoms with Crippen molar-refractivity contribution in [1.82, 2.24) is 10.6 Å². The summed E-state index contributed by atoms with van der Waals surface area (Å²) < 4.78 is 10.6. The van der Waals surface area contributed by atoms with Crippen LogP contribution in [-0.2, 0) is 9.47 Å². The molecule has 6 heteroatoms. The van der Waals surface area contributed by atoms with E-state index in [4.69, 9.17) is 21.1 Å². The number of nitrogens with one attached hydrogen (secondary N) is 2. The molecule has 2 N–H and O–H groups in total. The number of hydrogen-bond donors (Lipinski definition) is 2. The van der Waals surface area contributed by atoms with Crippen LogP contribution in [0, 0.1) is 0 Å². The molecule has 0 aromatic heterocycles. The molecule has 0 radical (unpaired) electrons. The smallest absolute Gasteiger partial charge is 0.191 e. The number of nitrogens with zero attached hydrogens (tertiary/aromatic N) is 1. The number of aliphatic imine (C=N–C) groups is 1. The summed E-state index contributed by atoms with van der Waals surface area (Å²) in [6.45, 7) is 4.92. The molecule has 0 aliphatic rings. The van der Waals surface area contributed by atoms with Crippen molar-refractivity contribution in [3.63, 3.8) is 0 Å². The number of hydrogen-bond acceptors (Lipinski definition) is 3. The zero-order valence-electron chi connectivity index (χ0n) is 13.6. The minimum atomic E-state index is -0.117. The molecule has 0 saturated heterocycles.